The highest BCUT2D eigenvalue weighted by molar-refractivity contribution is 5.45. The molecule has 2 rings (SSSR count). The molecule has 1 unspecified atom stereocenters. The van der Waals surface area contributed by atoms with Crippen molar-refractivity contribution >= 4 is 5.82 Å². The molecule has 1 saturated heterocycles. The Balaban J connectivity index is 2.40. The lowest BCUT2D eigenvalue weighted by Crippen LogP contribution is -2.35. The predicted octanol–water partition coefficient (Wildman–Crippen LogP) is 4.03. The van der Waals surface area contributed by atoms with Gasteiger partial charge in [-0.1, -0.05) is 40.5 Å². The first-order chi connectivity index (χ1) is 9.95. The third-order valence-electron chi connectivity index (χ3n) is 4.47. The Morgan fingerprint density at radius 2 is 2.00 bits per heavy atom. The summed E-state index contributed by atoms with van der Waals surface area (Å²) < 4.78 is 0. The van der Waals surface area contributed by atoms with E-state index in [0.29, 0.717) is 6.04 Å². The average molecular weight is 290 g/mol. The van der Waals surface area contributed by atoms with Crippen molar-refractivity contribution in [2.75, 3.05) is 11.4 Å². The summed E-state index contributed by atoms with van der Waals surface area (Å²) in [4.78, 5) is 7.40. The fraction of sp³-hybridized carbons (Fsp3) is 0.722. The highest BCUT2D eigenvalue weighted by atomic mass is 16.3. The summed E-state index contributed by atoms with van der Waals surface area (Å²) in [6, 6.07) is 4.70. The van der Waals surface area contributed by atoms with Crippen LogP contribution in [0.15, 0.2) is 12.1 Å². The van der Waals surface area contributed by atoms with Crippen molar-refractivity contribution < 1.29 is 5.11 Å². The van der Waals surface area contributed by atoms with E-state index < -0.39 is 0 Å². The van der Waals surface area contributed by atoms with Crippen molar-refractivity contribution in [3.05, 3.63) is 23.4 Å². The van der Waals surface area contributed by atoms with Crippen molar-refractivity contribution in [2.24, 2.45) is 0 Å². The number of nitrogens with zero attached hydrogens (tertiary/aromatic N) is 2. The molecule has 0 saturated carbocycles. The van der Waals surface area contributed by atoms with Crippen LogP contribution in [0.1, 0.15) is 71.1 Å². The lowest BCUT2D eigenvalue weighted by atomic mass is 9.90. The van der Waals surface area contributed by atoms with Crippen molar-refractivity contribution in [3.8, 4) is 0 Å². The van der Waals surface area contributed by atoms with E-state index in [9.17, 15) is 5.11 Å². The molecule has 1 aliphatic rings. The maximum atomic E-state index is 9.58. The summed E-state index contributed by atoms with van der Waals surface area (Å²) in [5.41, 5.74) is 2.06. The third-order valence-corrected chi connectivity index (χ3v) is 4.47. The van der Waals surface area contributed by atoms with E-state index >= 15 is 0 Å². The lowest BCUT2D eigenvalue weighted by molar-refractivity contribution is 0.281. The molecule has 1 atom stereocenters. The second kappa shape index (κ2) is 6.78. The highest BCUT2D eigenvalue weighted by Crippen LogP contribution is 2.29. The van der Waals surface area contributed by atoms with Crippen molar-refractivity contribution in [2.45, 2.75) is 77.9 Å². The van der Waals surface area contributed by atoms with Crippen molar-refractivity contribution in [1.29, 1.82) is 0 Å². The molecule has 3 heteroatoms. The molecule has 2 heterocycles. The molecule has 3 nitrogen and oxygen atoms in total. The van der Waals surface area contributed by atoms with E-state index in [-0.39, 0.29) is 12.0 Å². The summed E-state index contributed by atoms with van der Waals surface area (Å²) in [5.74, 6) is 1.06. The van der Waals surface area contributed by atoms with E-state index in [1.807, 2.05) is 6.07 Å². The Hall–Kier alpha value is -1.09. The first-order valence-corrected chi connectivity index (χ1v) is 8.34. The molecule has 21 heavy (non-hydrogen) atoms. The van der Waals surface area contributed by atoms with Gasteiger partial charge in [0.05, 0.1) is 6.61 Å². The zero-order valence-electron chi connectivity index (χ0n) is 14.0. The predicted molar refractivity (Wildman–Crippen MR) is 88.8 cm³/mol. The monoisotopic (exact) mass is 290 g/mol. The van der Waals surface area contributed by atoms with Crippen LogP contribution in [-0.2, 0) is 12.0 Å². The van der Waals surface area contributed by atoms with E-state index in [4.69, 9.17) is 4.98 Å². The molecule has 0 amide bonds. The van der Waals surface area contributed by atoms with E-state index in [2.05, 4.69) is 38.7 Å². The van der Waals surface area contributed by atoms with Gasteiger partial charge in [-0.15, -0.1) is 0 Å². The Morgan fingerprint density at radius 1 is 1.24 bits per heavy atom. The number of anilines is 1. The van der Waals surface area contributed by atoms with E-state index in [1.165, 1.54) is 25.7 Å². The van der Waals surface area contributed by atoms with Crippen molar-refractivity contribution in [1.82, 2.24) is 4.98 Å². The van der Waals surface area contributed by atoms with Gasteiger partial charge in [0.15, 0.2) is 0 Å². The number of hydrogen-bond acceptors (Lipinski definition) is 3. The zero-order valence-corrected chi connectivity index (χ0v) is 14.0. The molecule has 1 aromatic heterocycles. The molecular formula is C18H30N2O. The average Bonchev–Trinajstić information content (AvgIpc) is 2.70. The smallest absolute Gasteiger partial charge is 0.129 e. The Kier molecular flexibility index (Phi) is 5.26. The maximum absolute atomic E-state index is 9.58. The molecule has 1 fully saturated rings. The second-order valence-electron chi connectivity index (χ2n) is 7.23. The van der Waals surface area contributed by atoms with Crippen molar-refractivity contribution in [3.63, 3.8) is 0 Å². The zero-order chi connectivity index (χ0) is 15.5. The minimum absolute atomic E-state index is 0.00743. The molecule has 1 N–H and O–H groups in total. The molecule has 0 aromatic carbocycles. The van der Waals surface area contributed by atoms with Gasteiger partial charge >= 0.3 is 0 Å². The Labute approximate surface area is 129 Å². The molecule has 0 radical (unpaired) electrons. The van der Waals surface area contributed by atoms with Gasteiger partial charge in [-0.3, -0.25) is 0 Å². The van der Waals surface area contributed by atoms with E-state index in [0.717, 1.165) is 30.0 Å². The lowest BCUT2D eigenvalue weighted by Gasteiger charge is -2.32. The summed E-state index contributed by atoms with van der Waals surface area (Å²) in [5, 5.41) is 9.58. The van der Waals surface area contributed by atoms with Gasteiger partial charge in [0.1, 0.15) is 5.82 Å². The molecule has 1 aromatic rings. The summed E-state index contributed by atoms with van der Waals surface area (Å²) >= 11 is 0. The van der Waals surface area contributed by atoms with Gasteiger partial charge in [0.25, 0.3) is 0 Å². The van der Waals surface area contributed by atoms with Crippen LogP contribution in [0.5, 0.6) is 0 Å². The number of aromatic nitrogens is 1. The number of rotatable bonds is 3. The Bertz CT molecular complexity index is 465. The SMILES string of the molecule is CCC1CCCCCN1c1cc(CO)cc(C(C)(C)C)n1. The molecule has 1 aliphatic heterocycles. The number of hydrogen-bond donors (Lipinski definition) is 1. The van der Waals surface area contributed by atoms with Gasteiger partial charge in [0, 0.05) is 23.7 Å². The molecule has 118 valence electrons. The number of aliphatic hydroxyl groups excluding tert-OH is 1. The van der Waals surface area contributed by atoms with Crippen LogP contribution in [0.25, 0.3) is 0 Å². The first-order valence-electron chi connectivity index (χ1n) is 8.34. The van der Waals surface area contributed by atoms with Gasteiger partial charge < -0.3 is 10.0 Å². The van der Waals surface area contributed by atoms with Crippen LogP contribution >= 0.6 is 0 Å². The van der Waals surface area contributed by atoms with Crippen LogP contribution < -0.4 is 4.90 Å². The normalized spacial score (nSPS) is 20.4. The molecule has 0 bridgehead atoms. The standard InChI is InChI=1S/C18H30N2O/c1-5-15-9-7-6-8-10-20(15)17-12-14(13-21)11-16(19-17)18(2,3)4/h11-12,15,21H,5-10,13H2,1-4H3. The van der Waals surface area contributed by atoms with Crippen LogP contribution in [-0.4, -0.2) is 22.7 Å². The molecule has 0 spiro atoms. The summed E-state index contributed by atoms with van der Waals surface area (Å²) in [6.45, 7) is 9.98. The maximum Gasteiger partial charge on any atom is 0.129 e. The van der Waals surface area contributed by atoms with Crippen LogP contribution in [0.3, 0.4) is 0 Å². The second-order valence-corrected chi connectivity index (χ2v) is 7.23. The summed E-state index contributed by atoms with van der Waals surface area (Å²) in [6.07, 6.45) is 6.30. The fourth-order valence-electron chi connectivity index (χ4n) is 3.10. The minimum Gasteiger partial charge on any atom is -0.392 e. The van der Waals surface area contributed by atoms with Crippen LogP contribution in [0, 0.1) is 0 Å². The van der Waals surface area contributed by atoms with Crippen LogP contribution in [0.2, 0.25) is 0 Å². The number of pyridine rings is 1. The topological polar surface area (TPSA) is 36.4 Å². The van der Waals surface area contributed by atoms with Gasteiger partial charge in [0.2, 0.25) is 0 Å². The quantitative estimate of drug-likeness (QED) is 0.913. The third kappa shape index (κ3) is 3.97. The van der Waals surface area contributed by atoms with Gasteiger partial charge in [-0.25, -0.2) is 4.98 Å². The van der Waals surface area contributed by atoms with Gasteiger partial charge in [-0.2, -0.15) is 0 Å². The Morgan fingerprint density at radius 3 is 2.62 bits per heavy atom. The largest absolute Gasteiger partial charge is 0.392 e. The number of aliphatic hydroxyl groups is 1. The summed E-state index contributed by atoms with van der Waals surface area (Å²) in [7, 11) is 0. The van der Waals surface area contributed by atoms with Gasteiger partial charge in [-0.05, 0) is 37.0 Å². The van der Waals surface area contributed by atoms with Crippen LogP contribution in [0.4, 0.5) is 5.82 Å². The van der Waals surface area contributed by atoms with E-state index in [1.54, 1.807) is 0 Å². The minimum atomic E-state index is 0.00743. The molecular weight excluding hydrogens is 260 g/mol. The molecule has 0 aliphatic carbocycles. The first kappa shape index (κ1) is 16.3. The highest BCUT2D eigenvalue weighted by Gasteiger charge is 2.23. The fourth-order valence-corrected chi connectivity index (χ4v) is 3.10.